The Morgan fingerprint density at radius 1 is 1.36 bits per heavy atom. The molecule has 1 amide bonds. The zero-order valence-electron chi connectivity index (χ0n) is 13.7. The standard InChI is InChI=1S/C17H19N5O2S/c18-12-17(8-4-5-9-17)19-14(23)11-25-16-21-20-15(24)22(16)10-13-6-2-1-3-7-13/h1-3,6-7H,4-5,8-11H2,(H,19,23)(H,20,24). The molecular formula is C17H19N5O2S. The predicted molar refractivity (Wildman–Crippen MR) is 94.1 cm³/mol. The van der Waals surface area contributed by atoms with Gasteiger partial charge in [-0.15, -0.1) is 5.10 Å². The van der Waals surface area contributed by atoms with Gasteiger partial charge < -0.3 is 5.32 Å². The molecule has 1 heterocycles. The smallest absolute Gasteiger partial charge is 0.337 e. The molecule has 2 aromatic rings. The maximum Gasteiger partial charge on any atom is 0.344 e. The van der Waals surface area contributed by atoms with E-state index in [0.717, 1.165) is 18.4 Å². The number of nitriles is 1. The molecule has 25 heavy (non-hydrogen) atoms. The molecule has 0 aliphatic heterocycles. The lowest BCUT2D eigenvalue weighted by Gasteiger charge is -2.21. The molecule has 1 aliphatic carbocycles. The average molecular weight is 357 g/mol. The molecule has 1 aromatic carbocycles. The summed E-state index contributed by atoms with van der Waals surface area (Å²) in [4.78, 5) is 24.2. The van der Waals surface area contributed by atoms with E-state index in [2.05, 4.69) is 21.6 Å². The van der Waals surface area contributed by atoms with Crippen molar-refractivity contribution in [1.82, 2.24) is 20.1 Å². The van der Waals surface area contributed by atoms with Crippen LogP contribution in [-0.4, -0.2) is 32.0 Å². The monoisotopic (exact) mass is 357 g/mol. The second-order valence-corrected chi connectivity index (χ2v) is 7.06. The van der Waals surface area contributed by atoms with Gasteiger partial charge in [-0.3, -0.25) is 9.36 Å². The third-order valence-corrected chi connectivity index (χ3v) is 5.27. The molecule has 0 saturated heterocycles. The number of hydrogen-bond donors (Lipinski definition) is 2. The summed E-state index contributed by atoms with van der Waals surface area (Å²) in [5, 5.41) is 19.1. The van der Waals surface area contributed by atoms with Crippen molar-refractivity contribution in [3.63, 3.8) is 0 Å². The number of amides is 1. The highest BCUT2D eigenvalue weighted by molar-refractivity contribution is 7.99. The number of rotatable bonds is 6. The molecule has 1 saturated carbocycles. The molecule has 0 bridgehead atoms. The summed E-state index contributed by atoms with van der Waals surface area (Å²) in [5.74, 6) is -0.0992. The first-order valence-electron chi connectivity index (χ1n) is 8.16. The number of thioether (sulfide) groups is 1. The summed E-state index contributed by atoms with van der Waals surface area (Å²) in [6.07, 6.45) is 3.30. The SMILES string of the molecule is N#CC1(NC(=O)CSc2n[nH]c(=O)n2Cc2ccccc2)CCCC1. The van der Waals surface area contributed by atoms with Crippen LogP contribution in [0, 0.1) is 11.3 Å². The number of nitrogens with zero attached hydrogens (tertiary/aromatic N) is 3. The first-order valence-corrected chi connectivity index (χ1v) is 9.15. The summed E-state index contributed by atoms with van der Waals surface area (Å²) >= 11 is 1.19. The van der Waals surface area contributed by atoms with Crippen molar-refractivity contribution < 1.29 is 4.79 Å². The topological polar surface area (TPSA) is 104 Å². The summed E-state index contributed by atoms with van der Waals surface area (Å²) in [6, 6.07) is 11.8. The van der Waals surface area contributed by atoms with E-state index in [1.165, 1.54) is 16.3 Å². The number of hydrogen-bond acceptors (Lipinski definition) is 5. The van der Waals surface area contributed by atoms with Crippen molar-refractivity contribution >= 4 is 17.7 Å². The van der Waals surface area contributed by atoms with Crippen molar-refractivity contribution in [2.45, 2.75) is 42.9 Å². The number of aromatic nitrogens is 3. The zero-order chi connectivity index (χ0) is 17.7. The van der Waals surface area contributed by atoms with Crippen molar-refractivity contribution in [3.8, 4) is 6.07 Å². The molecule has 0 spiro atoms. The van der Waals surface area contributed by atoms with Gasteiger partial charge in [-0.25, -0.2) is 9.89 Å². The maximum absolute atomic E-state index is 12.2. The van der Waals surface area contributed by atoms with Crippen LogP contribution in [0.2, 0.25) is 0 Å². The van der Waals surface area contributed by atoms with Crippen LogP contribution in [-0.2, 0) is 11.3 Å². The van der Waals surface area contributed by atoms with Crippen LogP contribution < -0.4 is 11.0 Å². The van der Waals surface area contributed by atoms with E-state index < -0.39 is 5.54 Å². The van der Waals surface area contributed by atoms with Gasteiger partial charge in [0.25, 0.3) is 0 Å². The Bertz CT molecular complexity index is 831. The predicted octanol–water partition coefficient (Wildman–Crippen LogP) is 1.66. The summed E-state index contributed by atoms with van der Waals surface area (Å²) in [6.45, 7) is 0.391. The summed E-state index contributed by atoms with van der Waals surface area (Å²) in [5.41, 5.74) is -0.0600. The highest BCUT2D eigenvalue weighted by Crippen LogP contribution is 2.29. The van der Waals surface area contributed by atoms with Gasteiger partial charge in [0, 0.05) is 0 Å². The summed E-state index contributed by atoms with van der Waals surface area (Å²) < 4.78 is 1.50. The number of nitrogens with one attached hydrogen (secondary N) is 2. The fourth-order valence-corrected chi connectivity index (χ4v) is 3.74. The van der Waals surface area contributed by atoms with Gasteiger partial charge in [0.05, 0.1) is 18.4 Å². The van der Waals surface area contributed by atoms with Crippen LogP contribution in [0.1, 0.15) is 31.2 Å². The number of carbonyl (C=O) groups is 1. The van der Waals surface area contributed by atoms with Crippen molar-refractivity contribution in [1.29, 1.82) is 5.26 Å². The fraction of sp³-hybridized carbons (Fsp3) is 0.412. The Morgan fingerprint density at radius 2 is 2.08 bits per heavy atom. The second kappa shape index (κ2) is 7.57. The molecule has 1 aliphatic rings. The van der Waals surface area contributed by atoms with Crippen LogP contribution in [0.3, 0.4) is 0 Å². The normalized spacial score (nSPS) is 15.6. The number of H-pyrrole nitrogens is 1. The minimum atomic E-state index is -0.729. The van der Waals surface area contributed by atoms with E-state index in [4.69, 9.17) is 0 Å². The molecule has 0 radical (unpaired) electrons. The van der Waals surface area contributed by atoms with E-state index >= 15 is 0 Å². The number of benzene rings is 1. The Balaban J connectivity index is 1.63. The van der Waals surface area contributed by atoms with Gasteiger partial charge in [0.2, 0.25) is 5.91 Å². The molecule has 7 nitrogen and oxygen atoms in total. The maximum atomic E-state index is 12.2. The van der Waals surface area contributed by atoms with E-state index in [-0.39, 0.29) is 17.3 Å². The minimum Gasteiger partial charge on any atom is -0.337 e. The van der Waals surface area contributed by atoms with E-state index in [1.54, 1.807) is 0 Å². The van der Waals surface area contributed by atoms with Gasteiger partial charge in [-0.2, -0.15) is 5.26 Å². The first kappa shape index (κ1) is 17.3. The van der Waals surface area contributed by atoms with Gasteiger partial charge in [-0.1, -0.05) is 42.1 Å². The largest absolute Gasteiger partial charge is 0.344 e. The lowest BCUT2D eigenvalue weighted by molar-refractivity contribution is -0.119. The first-order chi connectivity index (χ1) is 12.1. The quantitative estimate of drug-likeness (QED) is 0.765. The molecule has 0 unspecified atom stereocenters. The second-order valence-electron chi connectivity index (χ2n) is 6.12. The van der Waals surface area contributed by atoms with Gasteiger partial charge in [0.1, 0.15) is 5.54 Å². The molecular weight excluding hydrogens is 338 g/mol. The van der Waals surface area contributed by atoms with Crippen molar-refractivity contribution in [2.75, 3.05) is 5.75 Å². The third-order valence-electron chi connectivity index (χ3n) is 4.29. The Hall–Kier alpha value is -2.53. The molecule has 1 aromatic heterocycles. The molecule has 1 fully saturated rings. The molecule has 3 rings (SSSR count). The third kappa shape index (κ3) is 4.12. The Kier molecular flexibility index (Phi) is 5.24. The Labute approximate surface area is 149 Å². The minimum absolute atomic E-state index is 0.114. The molecule has 0 atom stereocenters. The van der Waals surface area contributed by atoms with E-state index in [1.807, 2.05) is 30.3 Å². The van der Waals surface area contributed by atoms with Crippen LogP contribution >= 0.6 is 11.8 Å². The van der Waals surface area contributed by atoms with E-state index in [0.29, 0.717) is 24.5 Å². The van der Waals surface area contributed by atoms with Gasteiger partial charge >= 0.3 is 5.69 Å². The van der Waals surface area contributed by atoms with Crippen LogP contribution in [0.15, 0.2) is 40.3 Å². The Morgan fingerprint density at radius 3 is 2.76 bits per heavy atom. The lowest BCUT2D eigenvalue weighted by atomic mass is 10.0. The van der Waals surface area contributed by atoms with Gasteiger partial charge in [-0.05, 0) is 31.2 Å². The zero-order valence-corrected chi connectivity index (χ0v) is 14.5. The van der Waals surface area contributed by atoms with Crippen LogP contribution in [0.4, 0.5) is 0 Å². The average Bonchev–Trinajstić information content (AvgIpc) is 3.22. The summed E-state index contributed by atoms with van der Waals surface area (Å²) in [7, 11) is 0. The number of carbonyl (C=O) groups excluding carboxylic acids is 1. The number of aromatic amines is 1. The van der Waals surface area contributed by atoms with Crippen molar-refractivity contribution in [2.24, 2.45) is 0 Å². The molecule has 8 heteroatoms. The van der Waals surface area contributed by atoms with E-state index in [9.17, 15) is 14.9 Å². The van der Waals surface area contributed by atoms with Crippen molar-refractivity contribution in [3.05, 3.63) is 46.4 Å². The van der Waals surface area contributed by atoms with Crippen LogP contribution in [0.5, 0.6) is 0 Å². The molecule has 2 N–H and O–H groups in total. The highest BCUT2D eigenvalue weighted by Gasteiger charge is 2.35. The van der Waals surface area contributed by atoms with Gasteiger partial charge in [0.15, 0.2) is 5.16 Å². The van der Waals surface area contributed by atoms with Crippen LogP contribution in [0.25, 0.3) is 0 Å². The fourth-order valence-electron chi connectivity index (χ4n) is 3.00. The highest BCUT2D eigenvalue weighted by atomic mass is 32.2. The molecule has 130 valence electrons. The lowest BCUT2D eigenvalue weighted by Crippen LogP contribution is -2.45.